The Hall–Kier alpha value is -1.77. The number of carbonyl (C=O) groups is 1. The maximum Gasteiger partial charge on any atom is 0.331 e. The van der Waals surface area contributed by atoms with Gasteiger partial charge in [-0.05, 0) is 29.3 Å². The number of ether oxygens (including phenoxy) is 1. The molecule has 3 heteroatoms. The topological polar surface area (TPSA) is 46.5 Å². The van der Waals surface area contributed by atoms with Crippen molar-refractivity contribution in [1.29, 1.82) is 0 Å². The van der Waals surface area contributed by atoms with E-state index in [1.807, 2.05) is 18.2 Å². The minimum atomic E-state index is -0.847. The summed E-state index contributed by atoms with van der Waals surface area (Å²) in [6, 6.07) is 5.60. The smallest absolute Gasteiger partial charge is 0.331 e. The quantitative estimate of drug-likeness (QED) is 0.772. The van der Waals surface area contributed by atoms with Crippen LogP contribution in [0.1, 0.15) is 11.1 Å². The Morgan fingerprint density at radius 2 is 2.29 bits per heavy atom. The highest BCUT2D eigenvalue weighted by Gasteiger charge is 2.17. The lowest BCUT2D eigenvalue weighted by atomic mass is 10.1. The third-order valence-corrected chi connectivity index (χ3v) is 2.34. The molecular weight excluding hydrogens is 180 g/mol. The lowest BCUT2D eigenvalue weighted by Crippen LogP contribution is -1.99. The van der Waals surface area contributed by atoms with Gasteiger partial charge in [-0.1, -0.05) is 6.07 Å². The van der Waals surface area contributed by atoms with Crippen molar-refractivity contribution in [2.24, 2.45) is 0 Å². The summed E-state index contributed by atoms with van der Waals surface area (Å²) in [5.41, 5.74) is 2.43. The van der Waals surface area contributed by atoms with E-state index in [2.05, 4.69) is 0 Å². The SMILES string of the molecule is COc1ccc2c(c1)C=C(C(=O)O)C2. The minimum Gasteiger partial charge on any atom is -0.497 e. The fourth-order valence-electron chi connectivity index (χ4n) is 1.58. The van der Waals surface area contributed by atoms with E-state index in [0.717, 1.165) is 16.9 Å². The van der Waals surface area contributed by atoms with Crippen molar-refractivity contribution in [3.8, 4) is 5.75 Å². The molecule has 0 radical (unpaired) electrons. The molecule has 0 atom stereocenters. The second-order valence-corrected chi connectivity index (χ2v) is 3.22. The molecule has 72 valence electrons. The van der Waals surface area contributed by atoms with Crippen LogP contribution in [0, 0.1) is 0 Å². The Balaban J connectivity index is 2.39. The van der Waals surface area contributed by atoms with Crippen molar-refractivity contribution >= 4 is 12.0 Å². The van der Waals surface area contributed by atoms with E-state index in [1.165, 1.54) is 0 Å². The molecule has 0 aromatic heterocycles. The first-order chi connectivity index (χ1) is 6.70. The number of hydrogen-bond acceptors (Lipinski definition) is 2. The number of benzene rings is 1. The van der Waals surface area contributed by atoms with Crippen molar-refractivity contribution in [1.82, 2.24) is 0 Å². The van der Waals surface area contributed by atoms with Gasteiger partial charge in [0.15, 0.2) is 0 Å². The maximum atomic E-state index is 10.7. The zero-order chi connectivity index (χ0) is 10.1. The van der Waals surface area contributed by atoms with Crippen LogP contribution in [0.3, 0.4) is 0 Å². The first-order valence-corrected chi connectivity index (χ1v) is 4.31. The highest BCUT2D eigenvalue weighted by molar-refractivity contribution is 5.95. The Morgan fingerprint density at radius 1 is 1.50 bits per heavy atom. The van der Waals surface area contributed by atoms with Gasteiger partial charge in [-0.25, -0.2) is 4.79 Å². The second-order valence-electron chi connectivity index (χ2n) is 3.22. The van der Waals surface area contributed by atoms with Gasteiger partial charge in [0.05, 0.1) is 7.11 Å². The van der Waals surface area contributed by atoms with E-state index in [0.29, 0.717) is 12.0 Å². The molecule has 0 heterocycles. The van der Waals surface area contributed by atoms with Gasteiger partial charge >= 0.3 is 5.97 Å². The highest BCUT2D eigenvalue weighted by atomic mass is 16.5. The summed E-state index contributed by atoms with van der Waals surface area (Å²) in [5, 5.41) is 8.81. The molecule has 0 bridgehead atoms. The Labute approximate surface area is 81.6 Å². The van der Waals surface area contributed by atoms with Crippen LogP contribution in [0.5, 0.6) is 5.75 Å². The molecule has 0 aliphatic heterocycles. The number of fused-ring (bicyclic) bond motifs is 1. The number of methoxy groups -OCH3 is 1. The number of hydrogen-bond donors (Lipinski definition) is 1. The summed E-state index contributed by atoms with van der Waals surface area (Å²) >= 11 is 0. The summed E-state index contributed by atoms with van der Waals surface area (Å²) in [7, 11) is 1.60. The molecule has 1 aliphatic rings. The van der Waals surface area contributed by atoms with Crippen molar-refractivity contribution in [2.75, 3.05) is 7.11 Å². The molecule has 1 N–H and O–H groups in total. The molecule has 0 amide bonds. The normalized spacial score (nSPS) is 13.4. The van der Waals surface area contributed by atoms with E-state index in [-0.39, 0.29) is 0 Å². The minimum absolute atomic E-state index is 0.438. The Kier molecular flexibility index (Phi) is 2.00. The number of rotatable bonds is 2. The summed E-state index contributed by atoms with van der Waals surface area (Å²) in [5.74, 6) is -0.0909. The average Bonchev–Trinajstić information content (AvgIpc) is 2.59. The molecule has 0 saturated heterocycles. The molecule has 1 aromatic carbocycles. The van der Waals surface area contributed by atoms with Crippen molar-refractivity contribution in [2.45, 2.75) is 6.42 Å². The summed E-state index contributed by atoms with van der Waals surface area (Å²) in [4.78, 5) is 10.7. The highest BCUT2D eigenvalue weighted by Crippen LogP contribution is 2.28. The Morgan fingerprint density at radius 3 is 2.93 bits per heavy atom. The van der Waals surface area contributed by atoms with Gasteiger partial charge in [-0.3, -0.25) is 0 Å². The molecule has 0 fully saturated rings. The van der Waals surface area contributed by atoms with Gasteiger partial charge in [-0.2, -0.15) is 0 Å². The molecular formula is C11H10O3. The van der Waals surface area contributed by atoms with Gasteiger partial charge in [0.25, 0.3) is 0 Å². The van der Waals surface area contributed by atoms with Crippen LogP contribution in [0.2, 0.25) is 0 Å². The number of carboxylic acids is 1. The van der Waals surface area contributed by atoms with E-state index in [9.17, 15) is 4.79 Å². The Bertz CT molecular complexity index is 419. The number of aliphatic carboxylic acids is 1. The van der Waals surface area contributed by atoms with Crippen LogP contribution >= 0.6 is 0 Å². The predicted molar refractivity (Wildman–Crippen MR) is 52.3 cm³/mol. The molecule has 1 aliphatic carbocycles. The summed E-state index contributed by atoms with van der Waals surface area (Å²) < 4.78 is 5.06. The lowest BCUT2D eigenvalue weighted by Gasteiger charge is -2.02. The molecule has 3 nitrogen and oxygen atoms in total. The summed E-state index contributed by atoms with van der Waals surface area (Å²) in [6.45, 7) is 0. The van der Waals surface area contributed by atoms with Gasteiger partial charge in [0.1, 0.15) is 5.75 Å². The van der Waals surface area contributed by atoms with Crippen LogP contribution in [0.4, 0.5) is 0 Å². The van der Waals surface area contributed by atoms with Crippen LogP contribution in [-0.2, 0) is 11.2 Å². The van der Waals surface area contributed by atoms with Gasteiger partial charge < -0.3 is 9.84 Å². The average molecular weight is 190 g/mol. The van der Waals surface area contributed by atoms with Crippen molar-refractivity contribution in [3.63, 3.8) is 0 Å². The third-order valence-electron chi connectivity index (χ3n) is 2.34. The second kappa shape index (κ2) is 3.18. The maximum absolute atomic E-state index is 10.7. The van der Waals surface area contributed by atoms with Crippen LogP contribution in [0.25, 0.3) is 6.08 Å². The molecule has 0 saturated carbocycles. The number of carboxylic acid groups (broad SMARTS) is 1. The molecule has 0 unspecified atom stereocenters. The van der Waals surface area contributed by atoms with E-state index < -0.39 is 5.97 Å². The lowest BCUT2D eigenvalue weighted by molar-refractivity contribution is -0.132. The fraction of sp³-hybridized carbons (Fsp3) is 0.182. The van der Waals surface area contributed by atoms with Gasteiger partial charge in [0, 0.05) is 12.0 Å². The largest absolute Gasteiger partial charge is 0.497 e. The first kappa shape index (κ1) is 8.81. The van der Waals surface area contributed by atoms with Crippen molar-refractivity contribution in [3.05, 3.63) is 34.9 Å². The van der Waals surface area contributed by atoms with Gasteiger partial charge in [-0.15, -0.1) is 0 Å². The molecule has 2 rings (SSSR count). The molecule has 1 aromatic rings. The zero-order valence-electron chi connectivity index (χ0n) is 7.78. The van der Waals surface area contributed by atoms with E-state index >= 15 is 0 Å². The standard InChI is InChI=1S/C11H10O3/c1-14-10-3-2-7-4-9(11(12)13)5-8(7)6-10/h2-3,5-6H,4H2,1H3,(H,12,13). The first-order valence-electron chi connectivity index (χ1n) is 4.31. The summed E-state index contributed by atoms with van der Waals surface area (Å²) in [6.07, 6.45) is 2.20. The van der Waals surface area contributed by atoms with Gasteiger partial charge in [0.2, 0.25) is 0 Å². The van der Waals surface area contributed by atoms with Crippen molar-refractivity contribution < 1.29 is 14.6 Å². The van der Waals surface area contributed by atoms with E-state index in [4.69, 9.17) is 9.84 Å². The van der Waals surface area contributed by atoms with Crippen LogP contribution < -0.4 is 4.74 Å². The van der Waals surface area contributed by atoms with E-state index in [1.54, 1.807) is 13.2 Å². The molecule has 14 heavy (non-hydrogen) atoms. The molecule has 0 spiro atoms. The zero-order valence-corrected chi connectivity index (χ0v) is 7.78. The predicted octanol–water partition coefficient (Wildman–Crippen LogP) is 1.72. The third kappa shape index (κ3) is 1.37. The monoisotopic (exact) mass is 190 g/mol. The fourth-order valence-corrected chi connectivity index (χ4v) is 1.58. The van der Waals surface area contributed by atoms with Crippen LogP contribution in [-0.4, -0.2) is 18.2 Å². The van der Waals surface area contributed by atoms with Crippen LogP contribution in [0.15, 0.2) is 23.8 Å².